The lowest BCUT2D eigenvalue weighted by atomic mass is 9.99. The minimum absolute atomic E-state index is 0.213. The van der Waals surface area contributed by atoms with Gasteiger partial charge in [-0.2, -0.15) is 0 Å². The van der Waals surface area contributed by atoms with Crippen molar-refractivity contribution in [2.75, 3.05) is 0 Å². The molecule has 0 unspecified atom stereocenters. The van der Waals surface area contributed by atoms with Gasteiger partial charge in [0.15, 0.2) is 6.10 Å². The Hall–Kier alpha value is -3.73. The lowest BCUT2D eigenvalue weighted by Gasteiger charge is -2.17. The van der Waals surface area contributed by atoms with Gasteiger partial charge < -0.3 is 9.72 Å². The van der Waals surface area contributed by atoms with Crippen LogP contribution >= 0.6 is 0 Å². The number of nitrogens with one attached hydrogen (secondary N) is 1. The van der Waals surface area contributed by atoms with Crippen molar-refractivity contribution in [2.45, 2.75) is 6.10 Å². The first kappa shape index (κ1) is 17.7. The standard InChI is InChI=1S/C23H16FNO3/c24-19-12-6-4-11-17(19)23(27)28-22(15-8-2-1-3-9-15)21(26)18-14-25-20-13-7-5-10-16(18)20/h1-14,22,25H/t22-/m1/s1. The molecule has 0 aliphatic rings. The summed E-state index contributed by atoms with van der Waals surface area (Å²) in [6.07, 6.45) is 0.410. The summed E-state index contributed by atoms with van der Waals surface area (Å²) >= 11 is 0. The number of halogens is 1. The fraction of sp³-hybridized carbons (Fsp3) is 0.0435. The second-order valence-corrected chi connectivity index (χ2v) is 6.29. The van der Waals surface area contributed by atoms with E-state index in [-0.39, 0.29) is 11.3 Å². The number of benzene rings is 3. The Morgan fingerprint density at radius 2 is 1.50 bits per heavy atom. The topological polar surface area (TPSA) is 59.2 Å². The number of esters is 1. The van der Waals surface area contributed by atoms with Crippen LogP contribution in [-0.4, -0.2) is 16.7 Å². The van der Waals surface area contributed by atoms with Gasteiger partial charge in [0.25, 0.3) is 0 Å². The van der Waals surface area contributed by atoms with Crippen molar-refractivity contribution < 1.29 is 18.7 Å². The number of H-pyrrole nitrogens is 1. The van der Waals surface area contributed by atoms with E-state index in [1.807, 2.05) is 24.3 Å². The Morgan fingerprint density at radius 3 is 2.29 bits per heavy atom. The molecule has 0 amide bonds. The predicted molar refractivity (Wildman–Crippen MR) is 104 cm³/mol. The summed E-state index contributed by atoms with van der Waals surface area (Å²) in [7, 11) is 0. The van der Waals surface area contributed by atoms with E-state index in [0.717, 1.165) is 10.9 Å². The molecule has 3 aromatic carbocycles. The van der Waals surface area contributed by atoms with E-state index < -0.39 is 17.9 Å². The Morgan fingerprint density at radius 1 is 0.821 bits per heavy atom. The first-order chi connectivity index (χ1) is 13.6. The Kier molecular flexibility index (Phi) is 4.72. The number of fused-ring (bicyclic) bond motifs is 1. The highest BCUT2D eigenvalue weighted by Gasteiger charge is 2.29. The maximum Gasteiger partial charge on any atom is 0.342 e. The number of hydrogen-bond acceptors (Lipinski definition) is 3. The van der Waals surface area contributed by atoms with Crippen LogP contribution in [0.2, 0.25) is 0 Å². The molecule has 0 bridgehead atoms. The van der Waals surface area contributed by atoms with Gasteiger partial charge in [-0.05, 0) is 18.2 Å². The van der Waals surface area contributed by atoms with Crippen LogP contribution in [0.5, 0.6) is 0 Å². The molecule has 1 N–H and O–H groups in total. The summed E-state index contributed by atoms with van der Waals surface area (Å²) in [6, 6.07) is 21.6. The number of aromatic amines is 1. The van der Waals surface area contributed by atoms with Crippen molar-refractivity contribution in [3.8, 4) is 0 Å². The van der Waals surface area contributed by atoms with Crippen molar-refractivity contribution in [3.63, 3.8) is 0 Å². The monoisotopic (exact) mass is 373 g/mol. The van der Waals surface area contributed by atoms with E-state index in [9.17, 15) is 14.0 Å². The predicted octanol–water partition coefficient (Wildman–Crippen LogP) is 5.09. The van der Waals surface area contributed by atoms with Crippen molar-refractivity contribution >= 4 is 22.7 Å². The number of Topliss-reactive ketones (excluding diaryl/α,β-unsaturated/α-hetero) is 1. The highest BCUT2D eigenvalue weighted by Crippen LogP contribution is 2.28. The van der Waals surface area contributed by atoms with Gasteiger partial charge in [-0.3, -0.25) is 4.79 Å². The highest BCUT2D eigenvalue weighted by molar-refractivity contribution is 6.11. The quantitative estimate of drug-likeness (QED) is 0.392. The summed E-state index contributed by atoms with van der Waals surface area (Å²) in [5.74, 6) is -1.97. The second kappa shape index (κ2) is 7.48. The Labute approximate surface area is 160 Å². The molecule has 28 heavy (non-hydrogen) atoms. The molecule has 138 valence electrons. The average molecular weight is 373 g/mol. The van der Waals surface area contributed by atoms with Gasteiger partial charge in [0.05, 0.1) is 5.56 Å². The summed E-state index contributed by atoms with van der Waals surface area (Å²) in [5, 5.41) is 0.732. The Bertz CT molecular complexity index is 1150. The van der Waals surface area contributed by atoms with Crippen LogP contribution in [0.4, 0.5) is 4.39 Å². The fourth-order valence-electron chi connectivity index (χ4n) is 3.11. The summed E-state index contributed by atoms with van der Waals surface area (Å²) in [5.41, 5.74) is 1.52. The first-order valence-electron chi connectivity index (χ1n) is 8.76. The van der Waals surface area contributed by atoms with Crippen molar-refractivity contribution in [2.24, 2.45) is 0 Å². The van der Waals surface area contributed by atoms with Gasteiger partial charge in [0.1, 0.15) is 5.82 Å². The zero-order valence-electron chi connectivity index (χ0n) is 14.8. The second-order valence-electron chi connectivity index (χ2n) is 6.29. The number of carbonyl (C=O) groups is 2. The summed E-state index contributed by atoms with van der Waals surface area (Å²) in [4.78, 5) is 28.9. The molecule has 1 aromatic heterocycles. The number of hydrogen-bond donors (Lipinski definition) is 1. The largest absolute Gasteiger partial charge is 0.445 e. The van der Waals surface area contributed by atoms with Crippen molar-refractivity contribution in [3.05, 3.63) is 108 Å². The molecule has 0 aliphatic heterocycles. The average Bonchev–Trinajstić information content (AvgIpc) is 3.16. The number of ether oxygens (including phenoxy) is 1. The number of rotatable bonds is 5. The fourth-order valence-corrected chi connectivity index (χ4v) is 3.11. The minimum Gasteiger partial charge on any atom is -0.445 e. The lowest BCUT2D eigenvalue weighted by Crippen LogP contribution is -2.20. The SMILES string of the molecule is O=C(O[C@@H](C(=O)c1c[nH]c2ccccc12)c1ccccc1)c1ccccc1F. The maximum absolute atomic E-state index is 14.0. The van der Waals surface area contributed by atoms with Crippen LogP contribution in [-0.2, 0) is 4.74 Å². The molecule has 0 aliphatic carbocycles. The molecule has 4 rings (SSSR count). The molecular formula is C23H16FNO3. The smallest absolute Gasteiger partial charge is 0.342 e. The van der Waals surface area contributed by atoms with Gasteiger partial charge in [-0.25, -0.2) is 9.18 Å². The molecule has 0 spiro atoms. The summed E-state index contributed by atoms with van der Waals surface area (Å²) in [6.45, 7) is 0. The van der Waals surface area contributed by atoms with Gasteiger partial charge in [-0.1, -0.05) is 60.7 Å². The number of para-hydroxylation sites is 1. The van der Waals surface area contributed by atoms with Crippen LogP contribution in [0.1, 0.15) is 32.4 Å². The molecule has 1 atom stereocenters. The van der Waals surface area contributed by atoms with E-state index in [0.29, 0.717) is 11.1 Å². The van der Waals surface area contributed by atoms with E-state index in [4.69, 9.17) is 4.74 Å². The van der Waals surface area contributed by atoms with Crippen LogP contribution in [0.15, 0.2) is 85.1 Å². The molecule has 0 saturated carbocycles. The third kappa shape index (κ3) is 3.30. The molecule has 4 aromatic rings. The summed E-state index contributed by atoms with van der Waals surface area (Å²) < 4.78 is 19.5. The molecule has 5 heteroatoms. The molecule has 0 fully saturated rings. The van der Waals surface area contributed by atoms with Gasteiger partial charge in [0, 0.05) is 28.2 Å². The minimum atomic E-state index is -1.19. The first-order valence-corrected chi connectivity index (χ1v) is 8.76. The van der Waals surface area contributed by atoms with Gasteiger partial charge in [0.2, 0.25) is 5.78 Å². The molecular weight excluding hydrogens is 357 g/mol. The van der Waals surface area contributed by atoms with Crippen molar-refractivity contribution in [1.29, 1.82) is 0 Å². The Balaban J connectivity index is 1.73. The van der Waals surface area contributed by atoms with E-state index >= 15 is 0 Å². The van der Waals surface area contributed by atoms with Crippen LogP contribution in [0.3, 0.4) is 0 Å². The van der Waals surface area contributed by atoms with E-state index in [1.165, 1.54) is 18.2 Å². The number of carbonyl (C=O) groups excluding carboxylic acids is 2. The molecule has 1 heterocycles. The van der Waals surface area contributed by atoms with E-state index in [2.05, 4.69) is 4.98 Å². The lowest BCUT2D eigenvalue weighted by molar-refractivity contribution is 0.0276. The van der Waals surface area contributed by atoms with Crippen LogP contribution in [0, 0.1) is 5.82 Å². The van der Waals surface area contributed by atoms with Crippen molar-refractivity contribution in [1.82, 2.24) is 4.98 Å². The molecule has 0 radical (unpaired) electrons. The highest BCUT2D eigenvalue weighted by atomic mass is 19.1. The molecule has 4 nitrogen and oxygen atoms in total. The zero-order chi connectivity index (χ0) is 19.5. The molecule has 0 saturated heterocycles. The van der Waals surface area contributed by atoms with E-state index in [1.54, 1.807) is 42.6 Å². The number of aromatic nitrogens is 1. The van der Waals surface area contributed by atoms with Crippen LogP contribution < -0.4 is 0 Å². The van der Waals surface area contributed by atoms with Crippen LogP contribution in [0.25, 0.3) is 10.9 Å². The third-order valence-corrected chi connectivity index (χ3v) is 4.51. The number of ketones is 1. The normalized spacial score (nSPS) is 11.9. The van der Waals surface area contributed by atoms with Gasteiger partial charge >= 0.3 is 5.97 Å². The van der Waals surface area contributed by atoms with Gasteiger partial charge in [-0.15, -0.1) is 0 Å². The third-order valence-electron chi connectivity index (χ3n) is 4.51. The maximum atomic E-state index is 14.0. The zero-order valence-corrected chi connectivity index (χ0v) is 14.8.